The van der Waals surface area contributed by atoms with Crippen molar-refractivity contribution in [3.05, 3.63) is 81.8 Å². The number of H-pyrrole nitrogens is 1. The van der Waals surface area contributed by atoms with Crippen LogP contribution in [0, 0.1) is 6.92 Å². The van der Waals surface area contributed by atoms with Gasteiger partial charge in [0, 0.05) is 35.8 Å². The molecular formula is C28H32N4O2. The summed E-state index contributed by atoms with van der Waals surface area (Å²) < 4.78 is 6.99. The molecule has 0 amide bonds. The maximum atomic E-state index is 14.0. The average molecular weight is 457 g/mol. The lowest BCUT2D eigenvalue weighted by Crippen LogP contribution is -2.30. The van der Waals surface area contributed by atoms with Crippen molar-refractivity contribution < 1.29 is 4.74 Å². The molecule has 6 nitrogen and oxygen atoms in total. The van der Waals surface area contributed by atoms with Gasteiger partial charge in [0.1, 0.15) is 11.4 Å². The standard InChI is InChI=1S/C28H32N4O2/c1-4-23(20-13-15-22(34-3)16-14-20)24-19(2)29-27-26(31-17-9-6-10-18-31)25(30-32(27)28(24)33)21-11-7-5-8-12-21/h5,7-8,11-16,23,30H,4,6,9-10,17-18H2,1-3H3/t23-/m0/s1. The van der Waals surface area contributed by atoms with E-state index in [1.807, 2.05) is 49.4 Å². The van der Waals surface area contributed by atoms with Gasteiger partial charge in [-0.15, -0.1) is 0 Å². The highest BCUT2D eigenvalue weighted by Crippen LogP contribution is 2.36. The van der Waals surface area contributed by atoms with Crippen LogP contribution in [0.4, 0.5) is 5.69 Å². The Bertz CT molecular complexity index is 1330. The van der Waals surface area contributed by atoms with E-state index < -0.39 is 0 Å². The molecule has 5 rings (SSSR count). The molecule has 0 unspecified atom stereocenters. The third kappa shape index (κ3) is 3.87. The van der Waals surface area contributed by atoms with E-state index in [4.69, 9.17) is 9.72 Å². The van der Waals surface area contributed by atoms with Gasteiger partial charge in [0.25, 0.3) is 5.56 Å². The summed E-state index contributed by atoms with van der Waals surface area (Å²) >= 11 is 0. The zero-order valence-corrected chi connectivity index (χ0v) is 20.2. The lowest BCUT2D eigenvalue weighted by molar-refractivity contribution is 0.414. The van der Waals surface area contributed by atoms with Crippen LogP contribution in [-0.2, 0) is 0 Å². The van der Waals surface area contributed by atoms with Crippen molar-refractivity contribution in [2.45, 2.75) is 45.4 Å². The molecule has 1 N–H and O–H groups in total. The van der Waals surface area contributed by atoms with Crippen LogP contribution in [0.1, 0.15) is 55.3 Å². The number of ether oxygens (including phenoxy) is 1. The Labute approximate surface area is 200 Å². The summed E-state index contributed by atoms with van der Waals surface area (Å²) in [6.07, 6.45) is 4.36. The summed E-state index contributed by atoms with van der Waals surface area (Å²) in [4.78, 5) is 21.4. The molecule has 0 bridgehead atoms. The molecule has 2 aromatic carbocycles. The molecule has 176 valence electrons. The predicted octanol–water partition coefficient (Wildman–Crippen LogP) is 5.54. The molecule has 3 heterocycles. The lowest BCUT2D eigenvalue weighted by atomic mass is 9.89. The van der Waals surface area contributed by atoms with Crippen LogP contribution in [0.2, 0.25) is 0 Å². The number of fused-ring (bicyclic) bond motifs is 1. The second kappa shape index (κ2) is 9.37. The maximum absolute atomic E-state index is 14.0. The number of hydrogen-bond donors (Lipinski definition) is 1. The van der Waals surface area contributed by atoms with E-state index >= 15 is 0 Å². The molecule has 4 aromatic rings. The van der Waals surface area contributed by atoms with Crippen molar-refractivity contribution in [2.75, 3.05) is 25.1 Å². The van der Waals surface area contributed by atoms with Gasteiger partial charge in [-0.3, -0.25) is 9.89 Å². The van der Waals surface area contributed by atoms with Crippen molar-refractivity contribution in [3.8, 4) is 17.0 Å². The number of piperidine rings is 1. The first-order valence-corrected chi connectivity index (χ1v) is 12.2. The molecule has 0 spiro atoms. The lowest BCUT2D eigenvalue weighted by Gasteiger charge is -2.28. The molecule has 34 heavy (non-hydrogen) atoms. The Morgan fingerprint density at radius 2 is 1.74 bits per heavy atom. The summed E-state index contributed by atoms with van der Waals surface area (Å²) in [6.45, 7) is 6.05. The van der Waals surface area contributed by atoms with Crippen molar-refractivity contribution in [1.82, 2.24) is 14.6 Å². The van der Waals surface area contributed by atoms with E-state index in [1.54, 1.807) is 11.6 Å². The molecule has 1 saturated heterocycles. The number of nitrogens with one attached hydrogen (secondary N) is 1. The molecule has 6 heteroatoms. The van der Waals surface area contributed by atoms with E-state index in [2.05, 4.69) is 29.1 Å². The third-order valence-corrected chi connectivity index (χ3v) is 6.99. The van der Waals surface area contributed by atoms with Crippen molar-refractivity contribution in [1.29, 1.82) is 0 Å². The molecule has 0 aliphatic carbocycles. The van der Waals surface area contributed by atoms with Crippen LogP contribution in [-0.4, -0.2) is 34.8 Å². The molecule has 1 fully saturated rings. The van der Waals surface area contributed by atoms with Gasteiger partial charge in [-0.2, -0.15) is 4.52 Å². The molecule has 0 radical (unpaired) electrons. The average Bonchev–Trinajstić information content (AvgIpc) is 3.27. The van der Waals surface area contributed by atoms with E-state index in [1.165, 1.54) is 6.42 Å². The van der Waals surface area contributed by atoms with Gasteiger partial charge in [-0.1, -0.05) is 49.4 Å². The van der Waals surface area contributed by atoms with E-state index in [0.717, 1.165) is 77.5 Å². The number of anilines is 1. The summed E-state index contributed by atoms with van der Waals surface area (Å²) in [5.74, 6) is 0.772. The van der Waals surface area contributed by atoms with Crippen LogP contribution < -0.4 is 15.2 Å². The monoisotopic (exact) mass is 456 g/mol. The molecular weight excluding hydrogens is 424 g/mol. The molecule has 1 atom stereocenters. The topological polar surface area (TPSA) is 62.6 Å². The quantitative estimate of drug-likeness (QED) is 0.414. The van der Waals surface area contributed by atoms with Gasteiger partial charge in [-0.25, -0.2) is 4.98 Å². The zero-order valence-electron chi connectivity index (χ0n) is 20.2. The van der Waals surface area contributed by atoms with Crippen LogP contribution in [0.25, 0.3) is 16.9 Å². The fraction of sp³-hybridized carbons (Fsp3) is 0.357. The minimum absolute atomic E-state index is 0.0226. The fourth-order valence-corrected chi connectivity index (χ4v) is 5.25. The summed E-state index contributed by atoms with van der Waals surface area (Å²) in [5.41, 5.74) is 6.39. The van der Waals surface area contributed by atoms with Gasteiger partial charge in [0.15, 0.2) is 5.65 Å². The Kier molecular flexibility index (Phi) is 6.14. The molecule has 0 saturated carbocycles. The van der Waals surface area contributed by atoms with E-state index in [-0.39, 0.29) is 11.5 Å². The van der Waals surface area contributed by atoms with Crippen LogP contribution in [0.3, 0.4) is 0 Å². The Morgan fingerprint density at radius 1 is 1.03 bits per heavy atom. The summed E-state index contributed by atoms with van der Waals surface area (Å²) in [5, 5.41) is 3.44. The molecule has 1 aliphatic rings. The number of aromatic nitrogens is 3. The highest BCUT2D eigenvalue weighted by molar-refractivity contribution is 5.86. The minimum Gasteiger partial charge on any atom is -0.497 e. The summed E-state index contributed by atoms with van der Waals surface area (Å²) in [6, 6.07) is 18.2. The largest absolute Gasteiger partial charge is 0.497 e. The van der Waals surface area contributed by atoms with Gasteiger partial charge in [-0.05, 0) is 50.3 Å². The first-order valence-electron chi connectivity index (χ1n) is 12.2. The number of benzene rings is 2. The molecule has 2 aromatic heterocycles. The van der Waals surface area contributed by atoms with E-state index in [0.29, 0.717) is 0 Å². The SMILES string of the molecule is CC[C@@H](c1ccc(OC)cc1)c1c(C)nc2c(N3CCCCC3)c(-c3ccccc3)[nH]n2c1=O. The number of hydrogen-bond acceptors (Lipinski definition) is 4. The first-order chi connectivity index (χ1) is 16.6. The first kappa shape index (κ1) is 22.3. The fourth-order valence-electron chi connectivity index (χ4n) is 5.25. The summed E-state index contributed by atoms with van der Waals surface area (Å²) in [7, 11) is 1.66. The Hall–Kier alpha value is -3.54. The Balaban J connectivity index is 1.71. The second-order valence-corrected chi connectivity index (χ2v) is 9.06. The second-order valence-electron chi connectivity index (χ2n) is 9.06. The van der Waals surface area contributed by atoms with Crippen LogP contribution in [0.5, 0.6) is 5.75 Å². The van der Waals surface area contributed by atoms with Gasteiger partial charge in [0.05, 0.1) is 12.8 Å². The number of aromatic amines is 1. The van der Waals surface area contributed by atoms with Crippen molar-refractivity contribution in [2.24, 2.45) is 0 Å². The zero-order chi connectivity index (χ0) is 23.7. The van der Waals surface area contributed by atoms with Gasteiger partial charge in [0.2, 0.25) is 0 Å². The van der Waals surface area contributed by atoms with Gasteiger partial charge >= 0.3 is 0 Å². The number of methoxy groups -OCH3 is 1. The van der Waals surface area contributed by atoms with Crippen LogP contribution >= 0.6 is 0 Å². The van der Waals surface area contributed by atoms with E-state index in [9.17, 15) is 4.79 Å². The highest BCUT2D eigenvalue weighted by Gasteiger charge is 2.27. The third-order valence-electron chi connectivity index (χ3n) is 6.99. The predicted molar refractivity (Wildman–Crippen MR) is 137 cm³/mol. The molecule has 1 aliphatic heterocycles. The Morgan fingerprint density at radius 3 is 2.38 bits per heavy atom. The minimum atomic E-state index is -0.0373. The van der Waals surface area contributed by atoms with Crippen molar-refractivity contribution >= 4 is 11.3 Å². The van der Waals surface area contributed by atoms with Crippen LogP contribution in [0.15, 0.2) is 59.4 Å². The van der Waals surface area contributed by atoms with Crippen molar-refractivity contribution in [3.63, 3.8) is 0 Å². The number of aryl methyl sites for hydroxylation is 1. The maximum Gasteiger partial charge on any atom is 0.276 e. The smallest absolute Gasteiger partial charge is 0.276 e. The van der Waals surface area contributed by atoms with Gasteiger partial charge < -0.3 is 9.64 Å². The normalized spacial score (nSPS) is 15.0. The number of nitrogens with zero attached hydrogens (tertiary/aromatic N) is 3. The number of rotatable bonds is 6. The highest BCUT2D eigenvalue weighted by atomic mass is 16.5.